The van der Waals surface area contributed by atoms with E-state index in [1.165, 1.54) is 15.0 Å². The van der Waals surface area contributed by atoms with E-state index in [1.807, 2.05) is 54.6 Å². The van der Waals surface area contributed by atoms with Crippen LogP contribution in [0.5, 0.6) is 0 Å². The van der Waals surface area contributed by atoms with Crippen LogP contribution in [-0.4, -0.2) is 42.3 Å². The summed E-state index contributed by atoms with van der Waals surface area (Å²) >= 11 is 0. The fourth-order valence-electron chi connectivity index (χ4n) is 3.62. The zero-order valence-corrected chi connectivity index (χ0v) is 19.5. The molecular formula is C25H31N5O4. The van der Waals surface area contributed by atoms with Gasteiger partial charge in [0.15, 0.2) is 5.69 Å². The maximum absolute atomic E-state index is 13.2. The lowest BCUT2D eigenvalue weighted by molar-refractivity contribution is -0.117. The molecule has 0 radical (unpaired) electrons. The molecule has 4 N–H and O–H groups in total. The number of hydrogen-bond acceptors (Lipinski definition) is 6. The maximum atomic E-state index is 13.2. The number of nitrogen functional groups attached to an aromatic ring is 1. The SMILES string of the molecule is CCc1ccc(NCC(=O)N(CCCOC)c2c(N)n(Cc3ccccc3)c(=O)[nH]c2=O)cc1. The van der Waals surface area contributed by atoms with Gasteiger partial charge in [0.1, 0.15) is 5.82 Å². The summed E-state index contributed by atoms with van der Waals surface area (Å²) in [5.41, 5.74) is 7.76. The largest absolute Gasteiger partial charge is 0.385 e. The summed E-state index contributed by atoms with van der Waals surface area (Å²) in [4.78, 5) is 42.2. The fraction of sp³-hybridized carbons (Fsp3) is 0.320. The number of anilines is 3. The van der Waals surface area contributed by atoms with Gasteiger partial charge in [-0.05, 0) is 36.1 Å². The van der Waals surface area contributed by atoms with Crippen molar-refractivity contribution in [3.05, 3.63) is 86.6 Å². The molecule has 1 heterocycles. The molecule has 0 bridgehead atoms. The third kappa shape index (κ3) is 6.14. The third-order valence-corrected chi connectivity index (χ3v) is 5.50. The number of nitrogens with two attached hydrogens (primary N) is 1. The van der Waals surface area contributed by atoms with Gasteiger partial charge in [-0.15, -0.1) is 0 Å². The van der Waals surface area contributed by atoms with E-state index in [9.17, 15) is 14.4 Å². The smallest absolute Gasteiger partial charge is 0.330 e. The molecule has 0 spiro atoms. The van der Waals surface area contributed by atoms with Gasteiger partial charge in [0.25, 0.3) is 5.56 Å². The van der Waals surface area contributed by atoms with Crippen LogP contribution in [0.3, 0.4) is 0 Å². The van der Waals surface area contributed by atoms with Crippen LogP contribution in [0, 0.1) is 0 Å². The lowest BCUT2D eigenvalue weighted by atomic mass is 10.1. The van der Waals surface area contributed by atoms with Crippen molar-refractivity contribution in [2.75, 3.05) is 42.8 Å². The number of rotatable bonds is 11. The summed E-state index contributed by atoms with van der Waals surface area (Å²) < 4.78 is 6.38. The highest BCUT2D eigenvalue weighted by molar-refractivity contribution is 5.98. The van der Waals surface area contributed by atoms with Crippen LogP contribution in [0.2, 0.25) is 0 Å². The van der Waals surface area contributed by atoms with Crippen molar-refractivity contribution < 1.29 is 9.53 Å². The number of carbonyl (C=O) groups excluding carboxylic acids is 1. The van der Waals surface area contributed by atoms with Crippen molar-refractivity contribution in [1.82, 2.24) is 9.55 Å². The molecule has 1 aromatic heterocycles. The number of nitrogens with one attached hydrogen (secondary N) is 2. The van der Waals surface area contributed by atoms with Gasteiger partial charge in [-0.1, -0.05) is 49.4 Å². The van der Waals surface area contributed by atoms with E-state index in [0.717, 1.165) is 17.7 Å². The Morgan fingerprint density at radius 3 is 2.44 bits per heavy atom. The Morgan fingerprint density at radius 1 is 1.09 bits per heavy atom. The molecule has 0 aliphatic rings. The number of H-pyrrole nitrogens is 1. The van der Waals surface area contributed by atoms with Gasteiger partial charge < -0.3 is 20.7 Å². The topological polar surface area (TPSA) is 122 Å². The molecular weight excluding hydrogens is 434 g/mol. The summed E-state index contributed by atoms with van der Waals surface area (Å²) in [5, 5.41) is 3.10. The van der Waals surface area contributed by atoms with Gasteiger partial charge in [0.2, 0.25) is 5.91 Å². The second-order valence-electron chi connectivity index (χ2n) is 7.86. The van der Waals surface area contributed by atoms with E-state index in [2.05, 4.69) is 17.2 Å². The lowest BCUT2D eigenvalue weighted by Crippen LogP contribution is -2.44. The standard InChI is InChI=1S/C25H31N5O4/c1-3-18-10-12-20(13-11-18)27-16-21(31)29(14-7-15-34-2)22-23(26)30(25(33)28-24(22)32)17-19-8-5-4-6-9-19/h4-6,8-13,27H,3,7,14-17,26H2,1-2H3,(H,28,32,33). The van der Waals surface area contributed by atoms with E-state index in [1.54, 1.807) is 7.11 Å². The summed E-state index contributed by atoms with van der Waals surface area (Å²) in [6.07, 6.45) is 1.41. The molecule has 0 saturated carbocycles. The Bertz CT molecular complexity index is 1200. The fourth-order valence-corrected chi connectivity index (χ4v) is 3.62. The van der Waals surface area contributed by atoms with Crippen molar-refractivity contribution in [2.24, 2.45) is 0 Å². The van der Waals surface area contributed by atoms with E-state index >= 15 is 0 Å². The van der Waals surface area contributed by atoms with Gasteiger partial charge in [0, 0.05) is 25.9 Å². The van der Waals surface area contributed by atoms with Crippen LogP contribution in [0.4, 0.5) is 17.2 Å². The number of carbonyl (C=O) groups is 1. The molecule has 3 aromatic rings. The predicted octanol–water partition coefficient (Wildman–Crippen LogP) is 2.21. The van der Waals surface area contributed by atoms with Crippen LogP contribution < -0.4 is 27.2 Å². The molecule has 34 heavy (non-hydrogen) atoms. The first-order valence-electron chi connectivity index (χ1n) is 11.2. The Kier molecular flexibility index (Phi) is 8.64. The highest BCUT2D eigenvalue weighted by atomic mass is 16.5. The van der Waals surface area contributed by atoms with E-state index in [4.69, 9.17) is 10.5 Å². The van der Waals surface area contributed by atoms with Crippen LogP contribution in [0.1, 0.15) is 24.5 Å². The molecule has 1 amide bonds. The van der Waals surface area contributed by atoms with Crippen LogP contribution in [0.25, 0.3) is 0 Å². The molecule has 0 aliphatic heterocycles. The number of aryl methyl sites for hydroxylation is 1. The average molecular weight is 466 g/mol. The lowest BCUT2D eigenvalue weighted by Gasteiger charge is -2.25. The number of ether oxygens (including phenoxy) is 1. The predicted molar refractivity (Wildman–Crippen MR) is 134 cm³/mol. The van der Waals surface area contributed by atoms with Crippen LogP contribution in [0.15, 0.2) is 64.2 Å². The highest BCUT2D eigenvalue weighted by Gasteiger charge is 2.24. The van der Waals surface area contributed by atoms with E-state index in [-0.39, 0.29) is 37.0 Å². The number of hydrogen-bond donors (Lipinski definition) is 3. The van der Waals surface area contributed by atoms with Gasteiger partial charge in [0.05, 0.1) is 13.1 Å². The Hall–Kier alpha value is -3.85. The Balaban J connectivity index is 1.90. The van der Waals surface area contributed by atoms with Crippen molar-refractivity contribution in [2.45, 2.75) is 26.3 Å². The number of nitrogens with zero attached hydrogens (tertiary/aromatic N) is 2. The zero-order chi connectivity index (χ0) is 24.5. The summed E-state index contributed by atoms with van der Waals surface area (Å²) in [6, 6.07) is 17.1. The van der Waals surface area contributed by atoms with Crippen LogP contribution >= 0.6 is 0 Å². The molecule has 0 aliphatic carbocycles. The first kappa shape index (κ1) is 24.8. The first-order valence-corrected chi connectivity index (χ1v) is 11.2. The highest BCUT2D eigenvalue weighted by Crippen LogP contribution is 2.19. The monoisotopic (exact) mass is 465 g/mol. The molecule has 9 nitrogen and oxygen atoms in total. The van der Waals surface area contributed by atoms with E-state index in [0.29, 0.717) is 13.0 Å². The van der Waals surface area contributed by atoms with E-state index < -0.39 is 11.2 Å². The van der Waals surface area contributed by atoms with Gasteiger partial charge in [-0.3, -0.25) is 19.1 Å². The summed E-state index contributed by atoms with van der Waals surface area (Å²) in [5.74, 6) is -0.409. The third-order valence-electron chi connectivity index (χ3n) is 5.50. The zero-order valence-electron chi connectivity index (χ0n) is 19.5. The molecule has 180 valence electrons. The number of amides is 1. The van der Waals surface area contributed by atoms with Crippen molar-refractivity contribution in [3.63, 3.8) is 0 Å². The molecule has 2 aromatic carbocycles. The Labute approximate surface area is 198 Å². The van der Waals surface area contributed by atoms with Gasteiger partial charge >= 0.3 is 5.69 Å². The number of aromatic amines is 1. The molecule has 0 atom stereocenters. The van der Waals surface area contributed by atoms with Gasteiger partial charge in [-0.2, -0.15) is 0 Å². The first-order chi connectivity index (χ1) is 16.4. The van der Waals surface area contributed by atoms with Crippen LogP contribution in [-0.2, 0) is 22.5 Å². The minimum atomic E-state index is -0.704. The minimum absolute atomic E-state index is 0.0419. The number of aromatic nitrogens is 2. The summed E-state index contributed by atoms with van der Waals surface area (Å²) in [6.45, 7) is 2.80. The van der Waals surface area contributed by atoms with Crippen molar-refractivity contribution in [1.29, 1.82) is 0 Å². The maximum Gasteiger partial charge on any atom is 0.330 e. The second kappa shape index (κ2) is 11.9. The molecule has 0 saturated heterocycles. The molecule has 9 heteroatoms. The summed E-state index contributed by atoms with van der Waals surface area (Å²) in [7, 11) is 1.56. The van der Waals surface area contributed by atoms with Crippen molar-refractivity contribution in [3.8, 4) is 0 Å². The second-order valence-corrected chi connectivity index (χ2v) is 7.86. The normalized spacial score (nSPS) is 10.8. The number of methoxy groups -OCH3 is 1. The minimum Gasteiger partial charge on any atom is -0.385 e. The molecule has 0 unspecified atom stereocenters. The quantitative estimate of drug-likeness (QED) is 0.373. The van der Waals surface area contributed by atoms with Gasteiger partial charge in [-0.25, -0.2) is 4.79 Å². The molecule has 3 rings (SSSR count). The molecule has 0 fully saturated rings. The van der Waals surface area contributed by atoms with Crippen molar-refractivity contribution >= 4 is 23.1 Å². The number of benzene rings is 2. The Morgan fingerprint density at radius 2 is 1.79 bits per heavy atom. The average Bonchev–Trinajstić information content (AvgIpc) is 2.85.